The molecule has 3 nitrogen and oxygen atoms in total. The topological polar surface area (TPSA) is 57.5 Å². The van der Waals surface area contributed by atoms with Crippen molar-refractivity contribution in [2.45, 2.75) is 12.3 Å². The minimum absolute atomic E-state index is 0.248. The molecule has 1 unspecified atom stereocenters. The van der Waals surface area contributed by atoms with Crippen LogP contribution >= 0.6 is 0 Å². The zero-order valence-electron chi connectivity index (χ0n) is 7.48. The fourth-order valence-electron chi connectivity index (χ4n) is 1.29. The molecule has 0 radical (unpaired) electrons. The van der Waals surface area contributed by atoms with Crippen LogP contribution in [0, 0.1) is 5.82 Å². The van der Waals surface area contributed by atoms with Crippen molar-refractivity contribution < 1.29 is 19.4 Å². The normalized spacial score (nSPS) is 12.4. The summed E-state index contributed by atoms with van der Waals surface area (Å²) in [5, 5.41) is 17.5. The third kappa shape index (κ3) is 2.53. The van der Waals surface area contributed by atoms with Crippen molar-refractivity contribution in [3.63, 3.8) is 0 Å². The molecule has 0 saturated carbocycles. The molecule has 76 valence electrons. The van der Waals surface area contributed by atoms with Gasteiger partial charge in [0.25, 0.3) is 0 Å². The Balaban J connectivity index is 2.89. The Labute approximate surface area is 80.8 Å². The average molecular weight is 198 g/mol. The van der Waals surface area contributed by atoms with Crippen molar-refractivity contribution in [1.82, 2.24) is 0 Å². The summed E-state index contributed by atoms with van der Waals surface area (Å²) in [5.74, 6) is -2.20. The van der Waals surface area contributed by atoms with E-state index in [9.17, 15) is 9.18 Å². The Kier molecular flexibility index (Phi) is 3.59. The number of carbonyl (C=O) groups is 1. The first-order chi connectivity index (χ1) is 6.65. The highest BCUT2D eigenvalue weighted by Crippen LogP contribution is 2.21. The Morgan fingerprint density at radius 1 is 1.43 bits per heavy atom. The lowest BCUT2D eigenvalue weighted by molar-refractivity contribution is -0.137. The van der Waals surface area contributed by atoms with Crippen molar-refractivity contribution in [3.05, 3.63) is 35.6 Å². The number of carboxylic acids is 1. The zero-order chi connectivity index (χ0) is 10.6. The summed E-state index contributed by atoms with van der Waals surface area (Å²) in [6.45, 7) is -0.368. The predicted octanol–water partition coefficient (Wildman–Crippen LogP) is 1.38. The van der Waals surface area contributed by atoms with Gasteiger partial charge in [-0.2, -0.15) is 0 Å². The number of halogens is 1. The van der Waals surface area contributed by atoms with Crippen molar-refractivity contribution in [3.8, 4) is 0 Å². The van der Waals surface area contributed by atoms with Gasteiger partial charge in [-0.05, 0) is 11.6 Å². The first kappa shape index (κ1) is 10.7. The maximum absolute atomic E-state index is 13.2. The third-order valence-electron chi connectivity index (χ3n) is 1.99. The van der Waals surface area contributed by atoms with Crippen molar-refractivity contribution in [2.75, 3.05) is 6.61 Å². The number of benzene rings is 1. The predicted molar refractivity (Wildman–Crippen MR) is 48.5 cm³/mol. The highest BCUT2D eigenvalue weighted by molar-refractivity contribution is 5.68. The smallest absolute Gasteiger partial charge is 0.304 e. The van der Waals surface area contributed by atoms with E-state index in [4.69, 9.17) is 10.2 Å². The largest absolute Gasteiger partial charge is 0.481 e. The van der Waals surface area contributed by atoms with Crippen molar-refractivity contribution >= 4 is 5.97 Å². The number of aliphatic hydroxyl groups is 1. The molecule has 1 atom stereocenters. The van der Waals surface area contributed by atoms with Gasteiger partial charge in [0.15, 0.2) is 0 Å². The van der Waals surface area contributed by atoms with Gasteiger partial charge < -0.3 is 10.2 Å². The number of hydrogen-bond acceptors (Lipinski definition) is 2. The highest BCUT2D eigenvalue weighted by Gasteiger charge is 2.17. The van der Waals surface area contributed by atoms with Crippen LogP contribution in [0.2, 0.25) is 0 Å². The molecule has 1 rings (SSSR count). The number of hydrogen-bond donors (Lipinski definition) is 2. The quantitative estimate of drug-likeness (QED) is 0.768. The molecule has 1 aromatic carbocycles. The molecule has 1 aromatic rings. The van der Waals surface area contributed by atoms with Crippen LogP contribution in [-0.2, 0) is 4.79 Å². The van der Waals surface area contributed by atoms with E-state index in [1.807, 2.05) is 0 Å². The Morgan fingerprint density at radius 2 is 2.07 bits per heavy atom. The van der Waals surface area contributed by atoms with E-state index in [0.29, 0.717) is 0 Å². The molecule has 0 spiro atoms. The molecule has 0 aliphatic rings. The van der Waals surface area contributed by atoms with Crippen LogP contribution in [0.3, 0.4) is 0 Å². The second-order valence-electron chi connectivity index (χ2n) is 3.00. The summed E-state index contributed by atoms with van der Waals surface area (Å²) >= 11 is 0. The lowest BCUT2D eigenvalue weighted by Gasteiger charge is -2.12. The standard InChI is InChI=1S/C10H11FO3/c11-9-4-2-1-3-8(9)7(6-12)5-10(13)14/h1-4,7,12H,5-6H2,(H,13,14). The molecule has 0 bridgehead atoms. The number of aliphatic carboxylic acids is 1. The van der Waals surface area contributed by atoms with Crippen molar-refractivity contribution in [1.29, 1.82) is 0 Å². The third-order valence-corrected chi connectivity index (χ3v) is 1.99. The van der Waals surface area contributed by atoms with Gasteiger partial charge in [0, 0.05) is 5.92 Å². The Bertz CT molecular complexity index is 325. The highest BCUT2D eigenvalue weighted by atomic mass is 19.1. The summed E-state index contributed by atoms with van der Waals surface area (Å²) in [7, 11) is 0. The van der Waals surface area contributed by atoms with E-state index in [-0.39, 0.29) is 18.6 Å². The van der Waals surface area contributed by atoms with E-state index in [2.05, 4.69) is 0 Å². The van der Waals surface area contributed by atoms with Gasteiger partial charge in [-0.25, -0.2) is 4.39 Å². The van der Waals surface area contributed by atoms with E-state index in [1.54, 1.807) is 6.07 Å². The molecule has 4 heteroatoms. The van der Waals surface area contributed by atoms with Gasteiger partial charge in [0.1, 0.15) is 5.82 Å². The molecule has 14 heavy (non-hydrogen) atoms. The zero-order valence-corrected chi connectivity index (χ0v) is 7.48. The lowest BCUT2D eigenvalue weighted by atomic mass is 9.96. The second kappa shape index (κ2) is 4.72. The summed E-state index contributed by atoms with van der Waals surface area (Å²) in [6, 6.07) is 5.87. The fraction of sp³-hybridized carbons (Fsp3) is 0.300. The van der Waals surface area contributed by atoms with Crippen LogP contribution in [0.1, 0.15) is 17.9 Å². The van der Waals surface area contributed by atoms with Gasteiger partial charge >= 0.3 is 5.97 Å². The summed E-state index contributed by atoms with van der Waals surface area (Å²) in [5.41, 5.74) is 0.248. The molecular weight excluding hydrogens is 187 g/mol. The molecule has 0 amide bonds. The lowest BCUT2D eigenvalue weighted by Crippen LogP contribution is -2.11. The molecule has 0 saturated heterocycles. The maximum atomic E-state index is 13.2. The van der Waals surface area contributed by atoms with Gasteiger partial charge in [0.05, 0.1) is 13.0 Å². The molecule has 0 heterocycles. The minimum Gasteiger partial charge on any atom is -0.481 e. The van der Waals surface area contributed by atoms with E-state index >= 15 is 0 Å². The van der Waals surface area contributed by atoms with E-state index in [0.717, 1.165) is 0 Å². The Hall–Kier alpha value is -1.42. The summed E-state index contributed by atoms with van der Waals surface area (Å²) < 4.78 is 13.2. The van der Waals surface area contributed by atoms with Crippen molar-refractivity contribution in [2.24, 2.45) is 0 Å². The molecule has 0 aromatic heterocycles. The van der Waals surface area contributed by atoms with Gasteiger partial charge in [-0.15, -0.1) is 0 Å². The number of rotatable bonds is 4. The van der Waals surface area contributed by atoms with Gasteiger partial charge in [0.2, 0.25) is 0 Å². The van der Waals surface area contributed by atoms with Crippen LogP contribution < -0.4 is 0 Å². The summed E-state index contributed by atoms with van der Waals surface area (Å²) in [4.78, 5) is 10.4. The van der Waals surface area contributed by atoms with Crippen LogP contribution in [0.4, 0.5) is 4.39 Å². The molecule has 0 aliphatic carbocycles. The van der Waals surface area contributed by atoms with E-state index in [1.165, 1.54) is 18.2 Å². The first-order valence-electron chi connectivity index (χ1n) is 4.22. The molecular formula is C10H11FO3. The molecule has 2 N–H and O–H groups in total. The monoisotopic (exact) mass is 198 g/mol. The minimum atomic E-state index is -1.05. The maximum Gasteiger partial charge on any atom is 0.304 e. The molecule has 0 aliphatic heterocycles. The Morgan fingerprint density at radius 3 is 2.57 bits per heavy atom. The van der Waals surface area contributed by atoms with Gasteiger partial charge in [-0.1, -0.05) is 18.2 Å². The van der Waals surface area contributed by atoms with Crippen LogP contribution in [0.5, 0.6) is 0 Å². The SMILES string of the molecule is O=C(O)CC(CO)c1ccccc1F. The summed E-state index contributed by atoms with van der Waals surface area (Å²) in [6.07, 6.45) is -0.266. The van der Waals surface area contributed by atoms with Crippen LogP contribution in [-0.4, -0.2) is 22.8 Å². The first-order valence-corrected chi connectivity index (χ1v) is 4.22. The number of carboxylic acid groups (broad SMARTS) is 1. The van der Waals surface area contributed by atoms with E-state index < -0.39 is 17.7 Å². The number of aliphatic hydroxyl groups excluding tert-OH is 1. The average Bonchev–Trinajstić information content (AvgIpc) is 2.15. The fourth-order valence-corrected chi connectivity index (χ4v) is 1.29. The molecule has 0 fully saturated rings. The van der Waals surface area contributed by atoms with Crippen LogP contribution in [0.25, 0.3) is 0 Å². The van der Waals surface area contributed by atoms with Gasteiger partial charge in [-0.3, -0.25) is 4.79 Å². The second-order valence-corrected chi connectivity index (χ2v) is 3.00. The van der Waals surface area contributed by atoms with Crippen LogP contribution in [0.15, 0.2) is 24.3 Å².